The summed E-state index contributed by atoms with van der Waals surface area (Å²) < 4.78 is 0. The number of nitrogens with one attached hydrogen (secondary N) is 1. The molecule has 1 saturated carbocycles. The lowest BCUT2D eigenvalue weighted by molar-refractivity contribution is 0.254. The highest BCUT2D eigenvalue weighted by Gasteiger charge is 2.26. The molecular weight excluding hydrogens is 190 g/mol. The fourth-order valence-electron chi connectivity index (χ4n) is 2.30. The minimum absolute atomic E-state index is 0.281. The topological polar surface area (TPSA) is 58.0 Å². The Bertz CT molecular complexity index is 291. The number of hydrogen-bond donors (Lipinski definition) is 2. The predicted octanol–water partition coefficient (Wildman–Crippen LogP) is 1.44. The maximum absolute atomic E-state index is 8.95. The minimum atomic E-state index is 0.281. The summed E-state index contributed by atoms with van der Waals surface area (Å²) in [7, 11) is 0. The fraction of sp³-hybridized carbons (Fsp3) is 0.636. The third-order valence-electron chi connectivity index (χ3n) is 3.06. The molecule has 1 aliphatic carbocycles. The molecule has 4 heteroatoms. The van der Waals surface area contributed by atoms with E-state index >= 15 is 0 Å². The van der Waals surface area contributed by atoms with Crippen LogP contribution in [0.4, 0.5) is 5.82 Å². The number of aliphatic hydroxyl groups excluding tert-OH is 1. The lowest BCUT2D eigenvalue weighted by Crippen LogP contribution is -2.25. The van der Waals surface area contributed by atoms with Crippen molar-refractivity contribution in [3.05, 3.63) is 18.6 Å². The second kappa shape index (κ2) is 5.07. The molecule has 1 fully saturated rings. The normalized spacial score (nSPS) is 25.4. The molecule has 2 rings (SSSR count). The van der Waals surface area contributed by atoms with Crippen molar-refractivity contribution in [2.75, 3.05) is 11.9 Å². The van der Waals surface area contributed by atoms with Crippen molar-refractivity contribution in [3.8, 4) is 0 Å². The molecule has 2 unspecified atom stereocenters. The minimum Gasteiger partial charge on any atom is -0.396 e. The van der Waals surface area contributed by atoms with Crippen molar-refractivity contribution in [3.63, 3.8) is 0 Å². The zero-order chi connectivity index (χ0) is 10.5. The van der Waals surface area contributed by atoms with Crippen LogP contribution in [0, 0.1) is 5.92 Å². The molecule has 1 aromatic rings. The van der Waals surface area contributed by atoms with Gasteiger partial charge < -0.3 is 10.4 Å². The van der Waals surface area contributed by atoms with Crippen LogP contribution in [0.25, 0.3) is 0 Å². The molecule has 82 valence electrons. The zero-order valence-electron chi connectivity index (χ0n) is 8.76. The third kappa shape index (κ3) is 2.65. The molecule has 0 saturated heterocycles. The Hall–Kier alpha value is -1.16. The second-order valence-corrected chi connectivity index (χ2v) is 4.04. The predicted molar refractivity (Wildman–Crippen MR) is 58.5 cm³/mol. The molecule has 0 radical (unpaired) electrons. The smallest absolute Gasteiger partial charge is 0.144 e. The van der Waals surface area contributed by atoms with Crippen LogP contribution in [0.15, 0.2) is 18.6 Å². The van der Waals surface area contributed by atoms with Crippen molar-refractivity contribution in [2.45, 2.75) is 31.7 Å². The van der Waals surface area contributed by atoms with E-state index in [1.165, 1.54) is 19.3 Å². The van der Waals surface area contributed by atoms with E-state index < -0.39 is 0 Å². The van der Waals surface area contributed by atoms with Gasteiger partial charge >= 0.3 is 0 Å². The van der Waals surface area contributed by atoms with Gasteiger partial charge in [0.1, 0.15) is 5.82 Å². The number of rotatable bonds is 4. The molecule has 2 atom stereocenters. The zero-order valence-corrected chi connectivity index (χ0v) is 8.76. The van der Waals surface area contributed by atoms with E-state index in [0.29, 0.717) is 12.0 Å². The Morgan fingerprint density at radius 1 is 1.40 bits per heavy atom. The summed E-state index contributed by atoms with van der Waals surface area (Å²) in [6.45, 7) is 0.281. The van der Waals surface area contributed by atoms with Crippen molar-refractivity contribution in [1.29, 1.82) is 0 Å². The average molecular weight is 207 g/mol. The first-order chi connectivity index (χ1) is 7.40. The van der Waals surface area contributed by atoms with Gasteiger partial charge in [0.2, 0.25) is 0 Å². The van der Waals surface area contributed by atoms with Crippen LogP contribution in [0.1, 0.15) is 25.7 Å². The van der Waals surface area contributed by atoms with Crippen molar-refractivity contribution in [2.24, 2.45) is 5.92 Å². The standard InChI is InChI=1S/C11H17N3O/c15-7-4-9-2-1-3-10(9)14-11-8-12-5-6-13-11/h5-6,8-10,15H,1-4,7H2,(H,13,14). The van der Waals surface area contributed by atoms with E-state index in [-0.39, 0.29) is 6.61 Å². The van der Waals surface area contributed by atoms with Crippen LogP contribution in [-0.2, 0) is 0 Å². The molecule has 2 N–H and O–H groups in total. The van der Waals surface area contributed by atoms with Gasteiger partial charge in [-0.2, -0.15) is 0 Å². The first kappa shape index (κ1) is 10.4. The first-order valence-electron chi connectivity index (χ1n) is 5.53. The number of hydrogen-bond acceptors (Lipinski definition) is 4. The SMILES string of the molecule is OCCC1CCCC1Nc1cnccn1. The van der Waals surface area contributed by atoms with Gasteiger partial charge in [-0.15, -0.1) is 0 Å². The molecule has 0 spiro atoms. The van der Waals surface area contributed by atoms with Gasteiger partial charge in [0.15, 0.2) is 0 Å². The van der Waals surface area contributed by atoms with Crippen molar-refractivity contribution in [1.82, 2.24) is 9.97 Å². The molecule has 1 aromatic heterocycles. The number of anilines is 1. The van der Waals surface area contributed by atoms with Crippen LogP contribution in [0.5, 0.6) is 0 Å². The van der Waals surface area contributed by atoms with E-state index in [9.17, 15) is 0 Å². The Morgan fingerprint density at radius 3 is 3.07 bits per heavy atom. The summed E-state index contributed by atoms with van der Waals surface area (Å²) in [5, 5.41) is 12.3. The lowest BCUT2D eigenvalue weighted by Gasteiger charge is -2.20. The van der Waals surface area contributed by atoms with Crippen molar-refractivity contribution < 1.29 is 5.11 Å². The maximum Gasteiger partial charge on any atom is 0.144 e. The largest absolute Gasteiger partial charge is 0.396 e. The molecule has 4 nitrogen and oxygen atoms in total. The first-order valence-corrected chi connectivity index (χ1v) is 5.53. The van der Waals surface area contributed by atoms with E-state index in [1.54, 1.807) is 18.6 Å². The van der Waals surface area contributed by atoms with E-state index in [0.717, 1.165) is 12.2 Å². The maximum atomic E-state index is 8.95. The molecule has 0 amide bonds. The molecule has 0 bridgehead atoms. The average Bonchev–Trinajstić information content (AvgIpc) is 2.68. The van der Waals surface area contributed by atoms with Gasteiger partial charge in [-0.05, 0) is 25.2 Å². The third-order valence-corrected chi connectivity index (χ3v) is 3.06. The second-order valence-electron chi connectivity index (χ2n) is 4.04. The fourth-order valence-corrected chi connectivity index (χ4v) is 2.30. The Kier molecular flexibility index (Phi) is 3.50. The lowest BCUT2D eigenvalue weighted by atomic mass is 10.0. The van der Waals surface area contributed by atoms with Gasteiger partial charge in [0.25, 0.3) is 0 Å². The van der Waals surface area contributed by atoms with Crippen LogP contribution < -0.4 is 5.32 Å². The van der Waals surface area contributed by atoms with Crippen molar-refractivity contribution >= 4 is 5.82 Å². The van der Waals surface area contributed by atoms with Gasteiger partial charge in [-0.3, -0.25) is 4.98 Å². The summed E-state index contributed by atoms with van der Waals surface area (Å²) in [6.07, 6.45) is 9.61. The van der Waals surface area contributed by atoms with E-state index in [2.05, 4.69) is 15.3 Å². The van der Waals surface area contributed by atoms with Crippen LogP contribution in [0.3, 0.4) is 0 Å². The van der Waals surface area contributed by atoms with E-state index in [4.69, 9.17) is 5.11 Å². The summed E-state index contributed by atoms with van der Waals surface area (Å²) in [6, 6.07) is 0.453. The highest BCUT2D eigenvalue weighted by atomic mass is 16.3. The number of aromatic nitrogens is 2. The highest BCUT2D eigenvalue weighted by Crippen LogP contribution is 2.30. The van der Waals surface area contributed by atoms with E-state index in [1.807, 2.05) is 0 Å². The number of aliphatic hydroxyl groups is 1. The van der Waals surface area contributed by atoms with Crippen LogP contribution >= 0.6 is 0 Å². The quantitative estimate of drug-likeness (QED) is 0.784. The van der Waals surface area contributed by atoms with Gasteiger partial charge in [-0.1, -0.05) is 6.42 Å². The molecule has 0 aliphatic heterocycles. The van der Waals surface area contributed by atoms with Gasteiger partial charge in [0.05, 0.1) is 6.20 Å². The molecule has 1 aliphatic rings. The summed E-state index contributed by atoms with van der Waals surface area (Å²) >= 11 is 0. The summed E-state index contributed by atoms with van der Waals surface area (Å²) in [4.78, 5) is 8.22. The Balaban J connectivity index is 1.93. The van der Waals surface area contributed by atoms with Crippen LogP contribution in [-0.4, -0.2) is 27.7 Å². The molecule has 1 heterocycles. The molecule has 15 heavy (non-hydrogen) atoms. The van der Waals surface area contributed by atoms with Crippen LogP contribution in [0.2, 0.25) is 0 Å². The van der Waals surface area contributed by atoms with Gasteiger partial charge in [-0.25, -0.2) is 4.98 Å². The number of nitrogens with zero attached hydrogens (tertiary/aromatic N) is 2. The summed E-state index contributed by atoms with van der Waals surface area (Å²) in [5.41, 5.74) is 0. The Morgan fingerprint density at radius 2 is 2.33 bits per heavy atom. The Labute approximate surface area is 89.8 Å². The molecule has 0 aromatic carbocycles. The monoisotopic (exact) mass is 207 g/mol. The highest BCUT2D eigenvalue weighted by molar-refractivity contribution is 5.32. The van der Waals surface area contributed by atoms with Gasteiger partial charge in [0, 0.05) is 25.0 Å². The summed E-state index contributed by atoms with van der Waals surface area (Å²) in [5.74, 6) is 1.42. The molecular formula is C11H17N3O.